The van der Waals surface area contributed by atoms with Crippen LogP contribution in [0.25, 0.3) is 0 Å². The molecule has 27 heavy (non-hydrogen) atoms. The van der Waals surface area contributed by atoms with Gasteiger partial charge < -0.3 is 21.3 Å². The van der Waals surface area contributed by atoms with Crippen molar-refractivity contribution in [1.82, 2.24) is 0 Å². The Labute approximate surface area is 157 Å². The van der Waals surface area contributed by atoms with Crippen LogP contribution in [-0.2, 0) is 9.59 Å². The first kappa shape index (κ1) is 18.4. The molecule has 0 bridgehead atoms. The Morgan fingerprint density at radius 2 is 1.67 bits per heavy atom. The molecule has 0 radical (unpaired) electrons. The molecule has 2 aromatic rings. The summed E-state index contributed by atoms with van der Waals surface area (Å²) in [5.74, 6) is -0.576. The molecule has 2 aromatic carbocycles. The number of primary amides is 1. The highest BCUT2D eigenvalue weighted by Gasteiger charge is 2.21. The van der Waals surface area contributed by atoms with E-state index in [1.165, 1.54) is 0 Å². The number of anilines is 3. The van der Waals surface area contributed by atoms with E-state index in [1.54, 1.807) is 36.1 Å². The van der Waals surface area contributed by atoms with E-state index in [4.69, 9.17) is 5.73 Å². The van der Waals surface area contributed by atoms with Crippen LogP contribution in [0.5, 0.6) is 0 Å². The van der Waals surface area contributed by atoms with Crippen LogP contribution >= 0.6 is 0 Å². The number of hydrogen-bond acceptors (Lipinski definition) is 4. The van der Waals surface area contributed by atoms with Gasteiger partial charge in [-0.2, -0.15) is 0 Å². The summed E-state index contributed by atoms with van der Waals surface area (Å²) in [5.41, 5.74) is 7.83. The van der Waals surface area contributed by atoms with E-state index in [9.17, 15) is 14.4 Å². The van der Waals surface area contributed by atoms with E-state index < -0.39 is 11.9 Å². The summed E-state index contributed by atoms with van der Waals surface area (Å²) in [4.78, 5) is 37.0. The fraction of sp³-hybridized carbons (Fsp3) is 0.250. The van der Waals surface area contributed by atoms with Crippen LogP contribution in [-0.4, -0.2) is 30.3 Å². The largest absolute Gasteiger partial charge is 0.374 e. The lowest BCUT2D eigenvalue weighted by Crippen LogP contribution is -2.31. The van der Waals surface area contributed by atoms with E-state index in [2.05, 4.69) is 10.6 Å². The zero-order valence-electron chi connectivity index (χ0n) is 15.1. The van der Waals surface area contributed by atoms with Gasteiger partial charge in [-0.3, -0.25) is 14.4 Å². The molecule has 1 atom stereocenters. The summed E-state index contributed by atoms with van der Waals surface area (Å²) >= 11 is 0. The lowest BCUT2D eigenvalue weighted by molar-refractivity contribution is -0.117. The smallest absolute Gasteiger partial charge is 0.248 e. The Kier molecular flexibility index (Phi) is 5.40. The maximum Gasteiger partial charge on any atom is 0.248 e. The predicted octanol–water partition coefficient (Wildman–Crippen LogP) is 2.35. The van der Waals surface area contributed by atoms with Crippen LogP contribution < -0.4 is 21.3 Å². The fourth-order valence-electron chi connectivity index (χ4n) is 2.94. The molecule has 3 rings (SSSR count). The summed E-state index contributed by atoms with van der Waals surface area (Å²) in [6.45, 7) is 2.50. The third kappa shape index (κ3) is 4.44. The Balaban J connectivity index is 1.57. The fourth-order valence-corrected chi connectivity index (χ4v) is 2.94. The monoisotopic (exact) mass is 366 g/mol. The van der Waals surface area contributed by atoms with E-state index >= 15 is 0 Å². The molecule has 0 aliphatic carbocycles. The second-order valence-electron chi connectivity index (χ2n) is 6.49. The predicted molar refractivity (Wildman–Crippen MR) is 105 cm³/mol. The summed E-state index contributed by atoms with van der Waals surface area (Å²) in [6, 6.07) is 13.4. The SMILES string of the molecule is C[C@H](Nc1ccc(N2CCCC2=O)cc1)C(=O)Nc1ccc(C(N)=O)cc1. The van der Waals surface area contributed by atoms with Crippen LogP contribution in [0.3, 0.4) is 0 Å². The zero-order chi connectivity index (χ0) is 19.4. The zero-order valence-corrected chi connectivity index (χ0v) is 15.1. The molecule has 1 aliphatic heterocycles. The van der Waals surface area contributed by atoms with Gasteiger partial charge in [0.15, 0.2) is 0 Å². The number of nitrogens with zero attached hydrogens (tertiary/aromatic N) is 1. The maximum atomic E-state index is 12.3. The van der Waals surface area contributed by atoms with Crippen molar-refractivity contribution in [2.45, 2.75) is 25.8 Å². The Morgan fingerprint density at radius 3 is 2.22 bits per heavy atom. The quantitative estimate of drug-likeness (QED) is 0.730. The van der Waals surface area contributed by atoms with Gasteiger partial charge in [0.1, 0.15) is 6.04 Å². The highest BCUT2D eigenvalue weighted by molar-refractivity contribution is 5.98. The topological polar surface area (TPSA) is 105 Å². The molecule has 4 N–H and O–H groups in total. The van der Waals surface area contributed by atoms with Gasteiger partial charge in [0.05, 0.1) is 0 Å². The number of carbonyl (C=O) groups is 3. The lowest BCUT2D eigenvalue weighted by atomic mass is 10.2. The number of nitrogens with two attached hydrogens (primary N) is 1. The lowest BCUT2D eigenvalue weighted by Gasteiger charge is -2.18. The summed E-state index contributed by atoms with van der Waals surface area (Å²) in [6.07, 6.45) is 1.48. The Morgan fingerprint density at radius 1 is 1.04 bits per heavy atom. The van der Waals surface area contributed by atoms with Gasteiger partial charge in [-0.15, -0.1) is 0 Å². The van der Waals surface area contributed by atoms with E-state index in [1.807, 2.05) is 24.3 Å². The molecule has 1 aliphatic rings. The Bertz CT molecular complexity index is 847. The van der Waals surface area contributed by atoms with Crippen molar-refractivity contribution in [2.24, 2.45) is 5.73 Å². The molecule has 1 saturated heterocycles. The molecule has 1 fully saturated rings. The van der Waals surface area contributed by atoms with E-state index in [-0.39, 0.29) is 11.8 Å². The standard InChI is InChI=1S/C20H22N4O3/c1-13(20(27)23-16-6-4-14(5-7-16)19(21)26)22-15-8-10-17(11-9-15)24-12-2-3-18(24)25/h4-11,13,22H,2-3,12H2,1H3,(H2,21,26)(H,23,27)/t13-/m0/s1. The van der Waals surface area contributed by atoms with Crippen LogP contribution in [0.4, 0.5) is 17.1 Å². The third-order valence-corrected chi connectivity index (χ3v) is 4.47. The van der Waals surface area contributed by atoms with Crippen molar-refractivity contribution in [3.63, 3.8) is 0 Å². The molecule has 0 aromatic heterocycles. The van der Waals surface area contributed by atoms with Gasteiger partial charge in [-0.05, 0) is 61.9 Å². The van der Waals surface area contributed by atoms with Gasteiger partial charge in [0, 0.05) is 35.6 Å². The molecular formula is C20H22N4O3. The normalized spacial score (nSPS) is 14.7. The van der Waals surface area contributed by atoms with Gasteiger partial charge in [-0.25, -0.2) is 0 Å². The number of benzene rings is 2. The van der Waals surface area contributed by atoms with Crippen molar-refractivity contribution < 1.29 is 14.4 Å². The van der Waals surface area contributed by atoms with E-state index in [0.29, 0.717) is 17.7 Å². The number of hydrogen-bond donors (Lipinski definition) is 3. The third-order valence-electron chi connectivity index (χ3n) is 4.47. The first-order valence-electron chi connectivity index (χ1n) is 8.82. The minimum atomic E-state index is -0.512. The van der Waals surface area contributed by atoms with Crippen molar-refractivity contribution in [1.29, 1.82) is 0 Å². The molecular weight excluding hydrogens is 344 g/mol. The molecule has 0 unspecified atom stereocenters. The number of carbonyl (C=O) groups excluding carboxylic acids is 3. The van der Waals surface area contributed by atoms with E-state index in [0.717, 1.165) is 24.3 Å². The second kappa shape index (κ2) is 7.90. The van der Waals surface area contributed by atoms with Crippen molar-refractivity contribution in [2.75, 3.05) is 22.1 Å². The average Bonchev–Trinajstić information content (AvgIpc) is 3.08. The van der Waals surface area contributed by atoms with Crippen LogP contribution in [0.1, 0.15) is 30.1 Å². The Hall–Kier alpha value is -3.35. The summed E-state index contributed by atoms with van der Waals surface area (Å²) in [7, 11) is 0. The highest BCUT2D eigenvalue weighted by atomic mass is 16.2. The highest BCUT2D eigenvalue weighted by Crippen LogP contribution is 2.23. The molecule has 7 nitrogen and oxygen atoms in total. The molecule has 3 amide bonds. The van der Waals surface area contributed by atoms with Crippen LogP contribution in [0.15, 0.2) is 48.5 Å². The molecule has 0 saturated carbocycles. The van der Waals surface area contributed by atoms with Gasteiger partial charge in [0.2, 0.25) is 17.7 Å². The van der Waals surface area contributed by atoms with Gasteiger partial charge in [0.25, 0.3) is 0 Å². The summed E-state index contributed by atoms with van der Waals surface area (Å²) < 4.78 is 0. The number of rotatable bonds is 6. The first-order chi connectivity index (χ1) is 12.9. The van der Waals surface area contributed by atoms with Crippen LogP contribution in [0, 0.1) is 0 Å². The maximum absolute atomic E-state index is 12.3. The number of amides is 3. The summed E-state index contributed by atoms with van der Waals surface area (Å²) in [5, 5.41) is 5.91. The second-order valence-corrected chi connectivity index (χ2v) is 6.49. The molecule has 1 heterocycles. The minimum absolute atomic E-state index is 0.144. The first-order valence-corrected chi connectivity index (χ1v) is 8.82. The van der Waals surface area contributed by atoms with Crippen molar-refractivity contribution in [3.8, 4) is 0 Å². The van der Waals surface area contributed by atoms with Crippen molar-refractivity contribution in [3.05, 3.63) is 54.1 Å². The van der Waals surface area contributed by atoms with Gasteiger partial charge >= 0.3 is 0 Å². The number of nitrogens with one attached hydrogen (secondary N) is 2. The average molecular weight is 366 g/mol. The molecule has 0 spiro atoms. The minimum Gasteiger partial charge on any atom is -0.374 e. The molecule has 7 heteroatoms. The molecule has 140 valence electrons. The van der Waals surface area contributed by atoms with Crippen LogP contribution in [0.2, 0.25) is 0 Å². The van der Waals surface area contributed by atoms with Crippen molar-refractivity contribution >= 4 is 34.8 Å². The van der Waals surface area contributed by atoms with Gasteiger partial charge in [-0.1, -0.05) is 0 Å².